The van der Waals surface area contributed by atoms with Gasteiger partial charge in [0.05, 0.1) is 6.26 Å². The van der Waals surface area contributed by atoms with Crippen LogP contribution in [0.15, 0.2) is 54.6 Å². The number of thiophene rings is 1. The number of rotatable bonds is 4. The predicted octanol–water partition coefficient (Wildman–Crippen LogP) is 4.14. The molecule has 1 nitrogen and oxygen atoms in total. The van der Waals surface area contributed by atoms with Gasteiger partial charge in [-0.1, -0.05) is 24.8 Å². The van der Waals surface area contributed by atoms with Gasteiger partial charge in [-0.05, 0) is 29.1 Å². The van der Waals surface area contributed by atoms with E-state index in [0.29, 0.717) is 0 Å². The highest BCUT2D eigenvalue weighted by molar-refractivity contribution is 7.10. The third kappa shape index (κ3) is 2.31. The lowest BCUT2D eigenvalue weighted by atomic mass is 10.1. The second-order valence-corrected chi connectivity index (χ2v) is 4.23. The average molecular weight is 234 g/mol. The highest BCUT2D eigenvalue weighted by atomic mass is 32.1. The Morgan fingerprint density at radius 2 is 2.00 bits per heavy atom. The summed E-state index contributed by atoms with van der Waals surface area (Å²) < 4.78 is 18.3. The molecule has 0 radical (unpaired) electrons. The van der Waals surface area contributed by atoms with Gasteiger partial charge in [0.2, 0.25) is 0 Å². The summed E-state index contributed by atoms with van der Waals surface area (Å²) in [5, 5.41) is 1.98. The molecule has 0 aliphatic heterocycles. The molecule has 1 unspecified atom stereocenters. The Balaban J connectivity index is 2.32. The topological polar surface area (TPSA) is 9.23 Å². The van der Waals surface area contributed by atoms with Gasteiger partial charge in [-0.15, -0.1) is 11.3 Å². The third-order valence-electron chi connectivity index (χ3n) is 2.21. The largest absolute Gasteiger partial charge is 0.488 e. The van der Waals surface area contributed by atoms with Gasteiger partial charge in [-0.2, -0.15) is 0 Å². The van der Waals surface area contributed by atoms with Gasteiger partial charge in [-0.25, -0.2) is 4.39 Å². The average Bonchev–Trinajstić information content (AvgIpc) is 2.81. The van der Waals surface area contributed by atoms with Crippen molar-refractivity contribution >= 4 is 11.3 Å². The summed E-state index contributed by atoms with van der Waals surface area (Å²) >= 11 is 1.60. The highest BCUT2D eigenvalue weighted by Gasteiger charge is 2.14. The standard InChI is InChI=1S/C13H11FOS/c1-2-15-13(12-4-3-9-16-12)10-5-7-11(14)8-6-10/h2-9,13H,1H2. The second kappa shape index (κ2) is 4.94. The first-order valence-corrected chi connectivity index (χ1v) is 5.74. The summed E-state index contributed by atoms with van der Waals surface area (Å²) in [5.41, 5.74) is 0.920. The zero-order valence-electron chi connectivity index (χ0n) is 8.60. The van der Waals surface area contributed by atoms with Gasteiger partial charge in [0.1, 0.15) is 5.82 Å². The molecule has 1 atom stereocenters. The first kappa shape index (κ1) is 10.9. The summed E-state index contributed by atoms with van der Waals surface area (Å²) in [4.78, 5) is 1.08. The summed E-state index contributed by atoms with van der Waals surface area (Å²) in [6, 6.07) is 10.3. The Kier molecular flexibility index (Phi) is 3.37. The Bertz CT molecular complexity index is 447. The van der Waals surface area contributed by atoms with E-state index in [1.807, 2.05) is 17.5 Å². The van der Waals surface area contributed by atoms with Crippen LogP contribution >= 0.6 is 11.3 Å². The fourth-order valence-corrected chi connectivity index (χ4v) is 2.27. The predicted molar refractivity (Wildman–Crippen MR) is 63.8 cm³/mol. The Hall–Kier alpha value is -1.61. The van der Waals surface area contributed by atoms with Crippen LogP contribution in [0.5, 0.6) is 0 Å². The van der Waals surface area contributed by atoms with Crippen molar-refractivity contribution in [1.82, 2.24) is 0 Å². The van der Waals surface area contributed by atoms with Crippen LogP contribution in [0.3, 0.4) is 0 Å². The van der Waals surface area contributed by atoms with E-state index in [0.717, 1.165) is 10.4 Å². The first-order chi connectivity index (χ1) is 7.81. The maximum Gasteiger partial charge on any atom is 0.157 e. The van der Waals surface area contributed by atoms with Crippen LogP contribution in [-0.4, -0.2) is 0 Å². The van der Waals surface area contributed by atoms with E-state index in [9.17, 15) is 4.39 Å². The molecular formula is C13H11FOS. The Morgan fingerprint density at radius 3 is 2.56 bits per heavy atom. The number of ether oxygens (including phenoxy) is 1. The molecule has 0 spiro atoms. The number of hydrogen-bond donors (Lipinski definition) is 0. The highest BCUT2D eigenvalue weighted by Crippen LogP contribution is 2.29. The molecule has 0 saturated heterocycles. The quantitative estimate of drug-likeness (QED) is 0.722. The molecule has 0 bridgehead atoms. The molecule has 0 aliphatic carbocycles. The van der Waals surface area contributed by atoms with Crippen molar-refractivity contribution in [2.45, 2.75) is 6.10 Å². The van der Waals surface area contributed by atoms with Crippen molar-refractivity contribution in [3.63, 3.8) is 0 Å². The van der Waals surface area contributed by atoms with Crippen LogP contribution < -0.4 is 0 Å². The number of hydrogen-bond acceptors (Lipinski definition) is 2. The van der Waals surface area contributed by atoms with Crippen molar-refractivity contribution in [2.75, 3.05) is 0 Å². The minimum atomic E-state index is -0.243. The lowest BCUT2D eigenvalue weighted by Crippen LogP contribution is -2.00. The second-order valence-electron chi connectivity index (χ2n) is 3.25. The van der Waals surface area contributed by atoms with E-state index >= 15 is 0 Å². The van der Waals surface area contributed by atoms with Crippen LogP contribution in [0, 0.1) is 5.82 Å². The molecule has 0 N–H and O–H groups in total. The van der Waals surface area contributed by atoms with Crippen molar-refractivity contribution in [3.05, 3.63) is 70.9 Å². The van der Waals surface area contributed by atoms with E-state index in [-0.39, 0.29) is 11.9 Å². The van der Waals surface area contributed by atoms with Gasteiger partial charge in [0.15, 0.2) is 6.10 Å². The fraction of sp³-hybridized carbons (Fsp3) is 0.0769. The maximum absolute atomic E-state index is 12.8. The zero-order valence-corrected chi connectivity index (χ0v) is 9.41. The molecule has 1 aromatic carbocycles. The van der Waals surface area contributed by atoms with Crippen LogP contribution in [0.2, 0.25) is 0 Å². The molecule has 0 fully saturated rings. The molecule has 1 heterocycles. The molecule has 0 saturated carbocycles. The van der Waals surface area contributed by atoms with Gasteiger partial charge in [-0.3, -0.25) is 0 Å². The third-order valence-corrected chi connectivity index (χ3v) is 3.12. The minimum absolute atomic E-state index is 0.196. The lowest BCUT2D eigenvalue weighted by Gasteiger charge is -2.15. The van der Waals surface area contributed by atoms with Crippen LogP contribution in [0.1, 0.15) is 16.5 Å². The molecule has 2 rings (SSSR count). The zero-order chi connectivity index (χ0) is 11.4. The molecule has 2 aromatic rings. The van der Waals surface area contributed by atoms with Gasteiger partial charge in [0, 0.05) is 4.88 Å². The lowest BCUT2D eigenvalue weighted by molar-refractivity contribution is 0.187. The van der Waals surface area contributed by atoms with Crippen LogP contribution in [0.4, 0.5) is 4.39 Å². The van der Waals surface area contributed by atoms with Crippen molar-refractivity contribution in [2.24, 2.45) is 0 Å². The van der Waals surface area contributed by atoms with Crippen molar-refractivity contribution < 1.29 is 9.13 Å². The van der Waals surface area contributed by atoms with E-state index in [1.165, 1.54) is 18.4 Å². The van der Waals surface area contributed by atoms with Gasteiger partial charge in [0.25, 0.3) is 0 Å². The molecule has 0 amide bonds. The minimum Gasteiger partial charge on any atom is -0.488 e. The molecule has 1 aromatic heterocycles. The van der Waals surface area contributed by atoms with E-state index < -0.39 is 0 Å². The molecular weight excluding hydrogens is 223 g/mol. The van der Waals surface area contributed by atoms with E-state index in [1.54, 1.807) is 23.5 Å². The Labute approximate surface area is 97.8 Å². The van der Waals surface area contributed by atoms with Crippen molar-refractivity contribution in [1.29, 1.82) is 0 Å². The summed E-state index contributed by atoms with van der Waals surface area (Å²) in [6.45, 7) is 3.56. The molecule has 3 heteroatoms. The number of halogens is 1. The smallest absolute Gasteiger partial charge is 0.157 e. The maximum atomic E-state index is 12.8. The fourth-order valence-electron chi connectivity index (χ4n) is 1.48. The van der Waals surface area contributed by atoms with Crippen LogP contribution in [-0.2, 0) is 4.74 Å². The monoisotopic (exact) mass is 234 g/mol. The number of benzene rings is 1. The van der Waals surface area contributed by atoms with Gasteiger partial charge < -0.3 is 4.74 Å². The SMILES string of the molecule is C=COC(c1ccc(F)cc1)c1cccs1. The summed E-state index contributed by atoms with van der Waals surface area (Å²) in [6.07, 6.45) is 1.21. The first-order valence-electron chi connectivity index (χ1n) is 4.86. The van der Waals surface area contributed by atoms with Gasteiger partial charge >= 0.3 is 0 Å². The van der Waals surface area contributed by atoms with Crippen LogP contribution in [0.25, 0.3) is 0 Å². The Morgan fingerprint density at radius 1 is 1.25 bits per heavy atom. The molecule has 16 heavy (non-hydrogen) atoms. The molecule has 0 aliphatic rings. The molecule has 82 valence electrons. The van der Waals surface area contributed by atoms with E-state index in [2.05, 4.69) is 6.58 Å². The summed E-state index contributed by atoms with van der Waals surface area (Å²) in [5.74, 6) is -0.243. The van der Waals surface area contributed by atoms with E-state index in [4.69, 9.17) is 4.74 Å². The normalized spacial score (nSPS) is 12.1. The van der Waals surface area contributed by atoms with Crippen molar-refractivity contribution in [3.8, 4) is 0 Å². The summed E-state index contributed by atoms with van der Waals surface area (Å²) in [7, 11) is 0.